The highest BCUT2D eigenvalue weighted by Crippen LogP contribution is 2.24. The molecular weight excluding hydrogens is 324 g/mol. The Balaban J connectivity index is 1.64. The summed E-state index contributed by atoms with van der Waals surface area (Å²) in [6, 6.07) is 24.0. The first-order chi connectivity index (χ1) is 12.8. The van der Waals surface area contributed by atoms with E-state index in [2.05, 4.69) is 18.2 Å². The molecule has 0 aromatic heterocycles. The summed E-state index contributed by atoms with van der Waals surface area (Å²) in [5.41, 5.74) is 3.27. The van der Waals surface area contributed by atoms with Crippen molar-refractivity contribution < 1.29 is 14.2 Å². The van der Waals surface area contributed by atoms with Crippen molar-refractivity contribution in [2.24, 2.45) is 0 Å². The van der Waals surface area contributed by atoms with Gasteiger partial charge < -0.3 is 14.2 Å². The highest BCUT2D eigenvalue weighted by Gasteiger charge is 2.00. The lowest BCUT2D eigenvalue weighted by Crippen LogP contribution is -1.94. The lowest BCUT2D eigenvalue weighted by atomic mass is 10.1. The van der Waals surface area contributed by atoms with Crippen LogP contribution in [0.1, 0.15) is 16.7 Å². The average Bonchev–Trinajstić information content (AvgIpc) is 2.72. The maximum Gasteiger partial charge on any atom is 0.123 e. The van der Waals surface area contributed by atoms with Crippen LogP contribution in [0.25, 0.3) is 12.2 Å². The van der Waals surface area contributed by atoms with Crippen LogP contribution in [-0.2, 0) is 6.61 Å². The van der Waals surface area contributed by atoms with E-state index in [1.165, 1.54) is 0 Å². The summed E-state index contributed by atoms with van der Waals surface area (Å²) in [5, 5.41) is 0. The van der Waals surface area contributed by atoms with Gasteiger partial charge in [-0.2, -0.15) is 0 Å². The molecule has 3 heteroatoms. The molecule has 132 valence electrons. The molecule has 0 aliphatic carbocycles. The van der Waals surface area contributed by atoms with Gasteiger partial charge in [0, 0.05) is 6.07 Å². The molecule has 0 aliphatic rings. The fourth-order valence-electron chi connectivity index (χ4n) is 2.53. The van der Waals surface area contributed by atoms with Crippen molar-refractivity contribution in [3.8, 4) is 17.2 Å². The van der Waals surface area contributed by atoms with Crippen molar-refractivity contribution >= 4 is 12.2 Å². The Hall–Kier alpha value is -3.20. The van der Waals surface area contributed by atoms with Gasteiger partial charge in [0.1, 0.15) is 23.9 Å². The van der Waals surface area contributed by atoms with Gasteiger partial charge in [0.05, 0.1) is 14.2 Å². The molecule has 3 aromatic carbocycles. The van der Waals surface area contributed by atoms with E-state index >= 15 is 0 Å². The third-order valence-corrected chi connectivity index (χ3v) is 3.97. The van der Waals surface area contributed by atoms with E-state index in [1.54, 1.807) is 14.2 Å². The van der Waals surface area contributed by atoms with Crippen molar-refractivity contribution in [3.05, 3.63) is 89.5 Å². The summed E-state index contributed by atoms with van der Waals surface area (Å²) in [5.74, 6) is 2.40. The smallest absolute Gasteiger partial charge is 0.123 e. The lowest BCUT2D eigenvalue weighted by Gasteiger charge is -2.07. The number of benzene rings is 3. The minimum Gasteiger partial charge on any atom is -0.497 e. The van der Waals surface area contributed by atoms with Gasteiger partial charge >= 0.3 is 0 Å². The first-order valence-corrected chi connectivity index (χ1v) is 8.45. The van der Waals surface area contributed by atoms with Crippen molar-refractivity contribution in [1.29, 1.82) is 0 Å². The summed E-state index contributed by atoms with van der Waals surface area (Å²) >= 11 is 0. The molecule has 0 amide bonds. The molecule has 0 fully saturated rings. The Morgan fingerprint density at radius 3 is 1.88 bits per heavy atom. The molecule has 0 heterocycles. The first kappa shape index (κ1) is 17.6. The van der Waals surface area contributed by atoms with Crippen molar-refractivity contribution in [3.63, 3.8) is 0 Å². The fourth-order valence-corrected chi connectivity index (χ4v) is 2.53. The van der Waals surface area contributed by atoms with E-state index < -0.39 is 0 Å². The highest BCUT2D eigenvalue weighted by molar-refractivity contribution is 5.71. The Morgan fingerprint density at radius 2 is 1.27 bits per heavy atom. The normalized spacial score (nSPS) is 10.7. The molecule has 0 saturated carbocycles. The first-order valence-electron chi connectivity index (χ1n) is 8.45. The van der Waals surface area contributed by atoms with Crippen molar-refractivity contribution in [2.75, 3.05) is 14.2 Å². The van der Waals surface area contributed by atoms with Gasteiger partial charge in [-0.1, -0.05) is 54.6 Å². The molecular formula is C23H22O3. The summed E-state index contributed by atoms with van der Waals surface area (Å²) in [4.78, 5) is 0. The number of hydrogen-bond donors (Lipinski definition) is 0. The molecule has 0 unspecified atom stereocenters. The molecule has 0 aliphatic heterocycles. The Bertz CT molecular complexity index is 830. The molecule has 0 radical (unpaired) electrons. The van der Waals surface area contributed by atoms with Gasteiger partial charge in [-0.15, -0.1) is 0 Å². The Kier molecular flexibility index (Phi) is 5.94. The van der Waals surface area contributed by atoms with Crippen LogP contribution in [0.4, 0.5) is 0 Å². The van der Waals surface area contributed by atoms with E-state index in [4.69, 9.17) is 14.2 Å². The predicted octanol–water partition coefficient (Wildman–Crippen LogP) is 5.45. The van der Waals surface area contributed by atoms with E-state index in [1.807, 2.05) is 66.7 Å². The standard InChI is InChI=1S/C23H22O3/c1-24-22-14-20(15-23(16-22)25-2)9-8-18-10-12-21(13-11-18)26-17-19-6-4-3-5-7-19/h3-16H,17H2,1-2H3. The molecule has 3 nitrogen and oxygen atoms in total. The molecule has 0 N–H and O–H groups in total. The summed E-state index contributed by atoms with van der Waals surface area (Å²) < 4.78 is 16.4. The van der Waals surface area contributed by atoms with Gasteiger partial charge in [-0.05, 0) is 41.0 Å². The van der Waals surface area contributed by atoms with Gasteiger partial charge in [-0.25, -0.2) is 0 Å². The van der Waals surface area contributed by atoms with Gasteiger partial charge in [0.25, 0.3) is 0 Å². The third-order valence-electron chi connectivity index (χ3n) is 3.97. The molecule has 0 spiro atoms. The van der Waals surface area contributed by atoms with E-state index in [0.29, 0.717) is 6.61 Å². The fraction of sp³-hybridized carbons (Fsp3) is 0.130. The molecule has 3 aromatic rings. The number of methoxy groups -OCH3 is 2. The van der Waals surface area contributed by atoms with Crippen LogP contribution in [0.2, 0.25) is 0 Å². The van der Waals surface area contributed by atoms with Crippen LogP contribution in [0.15, 0.2) is 72.8 Å². The summed E-state index contributed by atoms with van der Waals surface area (Å²) in [6.07, 6.45) is 4.08. The molecule has 0 atom stereocenters. The van der Waals surface area contributed by atoms with E-state index in [9.17, 15) is 0 Å². The van der Waals surface area contributed by atoms with Crippen LogP contribution in [0, 0.1) is 0 Å². The quantitative estimate of drug-likeness (QED) is 0.532. The van der Waals surface area contributed by atoms with Crippen molar-refractivity contribution in [1.82, 2.24) is 0 Å². The lowest BCUT2D eigenvalue weighted by molar-refractivity contribution is 0.306. The average molecular weight is 346 g/mol. The number of ether oxygens (including phenoxy) is 3. The maximum absolute atomic E-state index is 5.81. The monoisotopic (exact) mass is 346 g/mol. The van der Waals surface area contributed by atoms with Gasteiger partial charge in [0.2, 0.25) is 0 Å². The second-order valence-corrected chi connectivity index (χ2v) is 5.82. The highest BCUT2D eigenvalue weighted by atomic mass is 16.5. The number of hydrogen-bond acceptors (Lipinski definition) is 3. The minimum atomic E-state index is 0.569. The maximum atomic E-state index is 5.81. The Labute approximate surface area is 154 Å². The molecule has 0 saturated heterocycles. The molecule has 26 heavy (non-hydrogen) atoms. The summed E-state index contributed by atoms with van der Waals surface area (Å²) in [7, 11) is 3.30. The minimum absolute atomic E-state index is 0.569. The zero-order valence-corrected chi connectivity index (χ0v) is 15.0. The Morgan fingerprint density at radius 1 is 0.654 bits per heavy atom. The molecule has 3 rings (SSSR count). The van der Waals surface area contributed by atoms with E-state index in [0.717, 1.165) is 33.9 Å². The SMILES string of the molecule is COc1cc(C=Cc2ccc(OCc3ccccc3)cc2)cc(OC)c1. The van der Waals surface area contributed by atoms with Crippen LogP contribution < -0.4 is 14.2 Å². The van der Waals surface area contributed by atoms with E-state index in [-0.39, 0.29) is 0 Å². The zero-order valence-electron chi connectivity index (χ0n) is 15.0. The van der Waals surface area contributed by atoms with Crippen molar-refractivity contribution in [2.45, 2.75) is 6.61 Å². The summed E-state index contributed by atoms with van der Waals surface area (Å²) in [6.45, 7) is 0.569. The predicted molar refractivity (Wildman–Crippen MR) is 106 cm³/mol. The third kappa shape index (κ3) is 4.90. The topological polar surface area (TPSA) is 27.7 Å². The molecule has 0 bridgehead atoms. The second kappa shape index (κ2) is 8.77. The van der Waals surface area contributed by atoms with Crippen LogP contribution in [0.3, 0.4) is 0 Å². The number of rotatable bonds is 7. The zero-order chi connectivity index (χ0) is 18.2. The largest absolute Gasteiger partial charge is 0.497 e. The van der Waals surface area contributed by atoms with Crippen LogP contribution in [-0.4, -0.2) is 14.2 Å². The van der Waals surface area contributed by atoms with Crippen LogP contribution in [0.5, 0.6) is 17.2 Å². The van der Waals surface area contributed by atoms with Gasteiger partial charge in [0.15, 0.2) is 0 Å². The van der Waals surface area contributed by atoms with Crippen LogP contribution >= 0.6 is 0 Å². The van der Waals surface area contributed by atoms with Gasteiger partial charge in [-0.3, -0.25) is 0 Å². The second-order valence-electron chi connectivity index (χ2n) is 5.82.